The molecule has 0 radical (unpaired) electrons. The van der Waals surface area contributed by atoms with Gasteiger partial charge in [-0.3, -0.25) is 20.0 Å². The van der Waals surface area contributed by atoms with E-state index in [4.69, 9.17) is 0 Å². The topological polar surface area (TPSA) is 107 Å². The molecule has 3 amide bonds. The smallest absolute Gasteiger partial charge is 0.320 e. The Bertz CT molecular complexity index is 1220. The standard InChI is InChI=1S/C33H53F2N9O2/c1-6-26(45)41-15-19(5)42(16-18(41)4)31-22-13-24(35)29-27-23(34)8-7-9-25(27)44-21(14-37-40-44)12-20-10-11-36-28(17(2)3)30(20)43(32(22)38-29)33(46)39-31/h6,14,17-20,22-25,27-32,36-38,40H,1,7-13,15-16H2,2-5H3,(H,39,46)/t18-,19+,20?,22?,23?,24?,25?,27?,28?,29?,30?,31?,32?/m1/s1. The lowest BCUT2D eigenvalue weighted by Crippen LogP contribution is -2.80. The van der Waals surface area contributed by atoms with Crippen LogP contribution in [0.5, 0.6) is 0 Å². The summed E-state index contributed by atoms with van der Waals surface area (Å²) in [7, 11) is 0. The Labute approximate surface area is 271 Å². The zero-order valence-electron chi connectivity index (χ0n) is 27.7. The zero-order chi connectivity index (χ0) is 32.4. The normalized spacial score (nSPS) is 44.6. The minimum absolute atomic E-state index is 0.0470. The van der Waals surface area contributed by atoms with Crippen molar-refractivity contribution >= 4 is 11.9 Å². The second-order valence-corrected chi connectivity index (χ2v) is 15.3. The Morgan fingerprint density at radius 1 is 1.09 bits per heavy atom. The van der Waals surface area contributed by atoms with Crippen molar-refractivity contribution < 1.29 is 18.4 Å². The molecule has 46 heavy (non-hydrogen) atoms. The summed E-state index contributed by atoms with van der Waals surface area (Å²) in [6.45, 7) is 14.1. The number of nitrogens with zero attached hydrogens (tertiary/aromatic N) is 4. The number of hydrogen-bond acceptors (Lipinski definition) is 8. The third-order valence-electron chi connectivity index (χ3n) is 12.3. The number of piperazine rings is 1. The van der Waals surface area contributed by atoms with Gasteiger partial charge in [-0.05, 0) is 76.8 Å². The Balaban J connectivity index is 1.30. The molecular weight excluding hydrogens is 592 g/mol. The molecule has 11 nitrogen and oxygen atoms in total. The average Bonchev–Trinajstić information content (AvgIpc) is 3.48. The van der Waals surface area contributed by atoms with Gasteiger partial charge in [0.1, 0.15) is 12.3 Å². The number of urea groups is 1. The maximum absolute atomic E-state index is 16.8. The molecule has 0 aromatic rings. The van der Waals surface area contributed by atoms with E-state index in [9.17, 15) is 9.59 Å². The van der Waals surface area contributed by atoms with Crippen molar-refractivity contribution in [3.05, 3.63) is 24.6 Å². The molecule has 7 aliphatic rings. The van der Waals surface area contributed by atoms with E-state index in [0.717, 1.165) is 37.9 Å². The summed E-state index contributed by atoms with van der Waals surface area (Å²) in [5, 5.41) is 12.9. The van der Waals surface area contributed by atoms with E-state index < -0.39 is 36.6 Å². The van der Waals surface area contributed by atoms with Crippen LogP contribution in [0.1, 0.15) is 66.2 Å². The fourth-order valence-electron chi connectivity index (χ4n) is 10.2. The summed E-state index contributed by atoms with van der Waals surface area (Å²) in [5.74, 6) is -0.531. The van der Waals surface area contributed by atoms with E-state index in [1.807, 2.05) is 22.9 Å². The number of amides is 3. The molecule has 6 aliphatic heterocycles. The molecular formula is C33H53F2N9O2. The Morgan fingerprint density at radius 2 is 1.89 bits per heavy atom. The number of hydrazine groups is 2. The second-order valence-electron chi connectivity index (χ2n) is 15.3. The highest BCUT2D eigenvalue weighted by molar-refractivity contribution is 5.87. The van der Waals surface area contributed by atoms with E-state index >= 15 is 8.78 Å². The molecule has 5 N–H and O–H groups in total. The van der Waals surface area contributed by atoms with E-state index in [2.05, 4.69) is 64.2 Å². The second kappa shape index (κ2) is 12.5. The maximum Gasteiger partial charge on any atom is 0.320 e. The van der Waals surface area contributed by atoms with Gasteiger partial charge < -0.3 is 25.9 Å². The molecule has 5 saturated heterocycles. The first-order valence-electron chi connectivity index (χ1n) is 17.6. The number of allylic oxidation sites excluding steroid dienone is 1. The van der Waals surface area contributed by atoms with Crippen LogP contribution in [-0.4, -0.2) is 112 Å². The van der Waals surface area contributed by atoms with Crippen molar-refractivity contribution in [3.8, 4) is 0 Å². The van der Waals surface area contributed by atoms with Crippen molar-refractivity contribution in [3.63, 3.8) is 0 Å². The quantitative estimate of drug-likeness (QED) is 0.298. The highest BCUT2D eigenvalue weighted by atomic mass is 19.1. The summed E-state index contributed by atoms with van der Waals surface area (Å²) < 4.78 is 33.0. The van der Waals surface area contributed by atoms with Crippen molar-refractivity contribution in [2.45, 2.75) is 127 Å². The molecule has 1 saturated carbocycles. The maximum atomic E-state index is 16.8. The van der Waals surface area contributed by atoms with Crippen molar-refractivity contribution in [1.29, 1.82) is 0 Å². The molecule has 13 atom stereocenters. The molecule has 0 aromatic carbocycles. The fourth-order valence-corrected chi connectivity index (χ4v) is 10.2. The van der Waals surface area contributed by atoms with Crippen LogP contribution in [-0.2, 0) is 4.79 Å². The van der Waals surface area contributed by atoms with Gasteiger partial charge in [0.25, 0.3) is 0 Å². The number of rotatable bonds is 3. The molecule has 256 valence electrons. The molecule has 0 aromatic heterocycles. The van der Waals surface area contributed by atoms with E-state index in [1.54, 1.807) is 0 Å². The van der Waals surface area contributed by atoms with Crippen molar-refractivity contribution in [2.75, 3.05) is 19.6 Å². The van der Waals surface area contributed by atoms with Gasteiger partial charge in [0.2, 0.25) is 5.91 Å². The number of nitrogens with one attached hydrogen (secondary N) is 5. The summed E-state index contributed by atoms with van der Waals surface area (Å²) >= 11 is 0. The van der Waals surface area contributed by atoms with Gasteiger partial charge >= 0.3 is 6.03 Å². The largest absolute Gasteiger partial charge is 0.334 e. The van der Waals surface area contributed by atoms with E-state index in [-0.39, 0.29) is 66.3 Å². The van der Waals surface area contributed by atoms with Crippen LogP contribution in [0.15, 0.2) is 24.6 Å². The highest BCUT2D eigenvalue weighted by Gasteiger charge is 2.59. The van der Waals surface area contributed by atoms with Crippen LogP contribution < -0.4 is 26.9 Å². The number of alkyl halides is 2. The van der Waals surface area contributed by atoms with Gasteiger partial charge in [-0.25, -0.2) is 13.6 Å². The minimum Gasteiger partial charge on any atom is -0.334 e. The summed E-state index contributed by atoms with van der Waals surface area (Å²) in [6, 6.07) is -1.35. The monoisotopic (exact) mass is 645 g/mol. The summed E-state index contributed by atoms with van der Waals surface area (Å²) in [4.78, 5) is 33.3. The predicted octanol–water partition coefficient (Wildman–Crippen LogP) is 2.17. The van der Waals surface area contributed by atoms with Crippen LogP contribution in [0.4, 0.5) is 13.6 Å². The lowest BCUT2D eigenvalue weighted by atomic mass is 9.72. The fraction of sp³-hybridized carbons (Fsp3) is 0.818. The first-order valence-corrected chi connectivity index (χ1v) is 17.6. The predicted molar refractivity (Wildman–Crippen MR) is 171 cm³/mol. The number of halogens is 2. The molecule has 1 aliphatic carbocycles. The Kier molecular flexibility index (Phi) is 8.73. The SMILES string of the molecule is C=CC(=O)N1C[C@H](C)N(C2NC(=O)N3C4NC(C(F)CC42)C2C(F)CCCC2N2NNC=C2CC2CCNC(C(C)C)C23)C[C@H]1C. The summed E-state index contributed by atoms with van der Waals surface area (Å²) in [6.07, 6.45) is 3.80. The molecule has 0 spiro atoms. The van der Waals surface area contributed by atoms with Crippen LogP contribution in [0, 0.1) is 23.7 Å². The first kappa shape index (κ1) is 32.1. The minimum atomic E-state index is -1.29. The Morgan fingerprint density at radius 3 is 2.65 bits per heavy atom. The van der Waals surface area contributed by atoms with Crippen molar-refractivity contribution in [1.82, 2.24) is 46.6 Å². The first-order chi connectivity index (χ1) is 22.1. The Hall–Kier alpha value is -2.48. The number of carbonyl (C=O) groups is 2. The van der Waals surface area contributed by atoms with Crippen LogP contribution in [0.3, 0.4) is 0 Å². The van der Waals surface area contributed by atoms with Gasteiger partial charge in [-0.15, -0.1) is 5.53 Å². The number of hydrogen-bond donors (Lipinski definition) is 5. The number of carbonyl (C=O) groups excluding carboxylic acids is 2. The average molecular weight is 646 g/mol. The zero-order valence-corrected chi connectivity index (χ0v) is 27.7. The van der Waals surface area contributed by atoms with Gasteiger partial charge in [-0.1, -0.05) is 20.4 Å². The van der Waals surface area contributed by atoms with Crippen molar-refractivity contribution in [2.24, 2.45) is 23.7 Å². The third-order valence-corrected chi connectivity index (χ3v) is 12.3. The molecule has 6 fully saturated rings. The molecule has 11 unspecified atom stereocenters. The third kappa shape index (κ3) is 5.29. The van der Waals surface area contributed by atoms with Gasteiger partial charge in [0.15, 0.2) is 0 Å². The number of piperidine rings is 2. The van der Waals surface area contributed by atoms with Gasteiger partial charge in [-0.2, -0.15) is 0 Å². The molecule has 13 heteroatoms. The lowest BCUT2D eigenvalue weighted by molar-refractivity contribution is -0.136. The highest BCUT2D eigenvalue weighted by Crippen LogP contribution is 2.45. The molecule has 7 rings (SSSR count). The molecule has 6 heterocycles. The van der Waals surface area contributed by atoms with E-state index in [1.165, 1.54) is 6.08 Å². The molecule has 2 bridgehead atoms. The van der Waals surface area contributed by atoms with Crippen LogP contribution in [0.25, 0.3) is 0 Å². The lowest BCUT2D eigenvalue weighted by Gasteiger charge is -2.60. The van der Waals surface area contributed by atoms with E-state index in [0.29, 0.717) is 19.5 Å². The summed E-state index contributed by atoms with van der Waals surface area (Å²) in [5.41, 5.74) is 7.51. The van der Waals surface area contributed by atoms with Gasteiger partial charge in [0, 0.05) is 61.0 Å². The van der Waals surface area contributed by atoms with Crippen LogP contribution in [0.2, 0.25) is 0 Å². The number of fused-ring (bicyclic) bond motifs is 7. The van der Waals surface area contributed by atoms with Crippen LogP contribution >= 0.6 is 0 Å². The van der Waals surface area contributed by atoms with Gasteiger partial charge in [0.05, 0.1) is 24.4 Å².